The van der Waals surface area contributed by atoms with E-state index in [0.717, 1.165) is 4.90 Å². The van der Waals surface area contributed by atoms with Crippen molar-refractivity contribution in [2.75, 3.05) is 26.2 Å². The number of anilines is 1. The van der Waals surface area contributed by atoms with Gasteiger partial charge >= 0.3 is 6.18 Å². The predicted molar refractivity (Wildman–Crippen MR) is 131 cm³/mol. The molecule has 11 heteroatoms. The van der Waals surface area contributed by atoms with Gasteiger partial charge in [-0.05, 0) is 54.3 Å². The van der Waals surface area contributed by atoms with Gasteiger partial charge in [0, 0.05) is 23.4 Å². The van der Waals surface area contributed by atoms with Crippen LogP contribution in [0, 0.1) is 5.41 Å². The van der Waals surface area contributed by atoms with E-state index in [4.69, 9.17) is 14.2 Å². The van der Waals surface area contributed by atoms with Gasteiger partial charge in [-0.1, -0.05) is 13.8 Å². The van der Waals surface area contributed by atoms with Crippen LogP contribution in [0.1, 0.15) is 37.0 Å². The summed E-state index contributed by atoms with van der Waals surface area (Å²) < 4.78 is 60.5. The number of nitrogens with zero attached hydrogens (tertiary/aromatic N) is 1. The second kappa shape index (κ2) is 9.38. The van der Waals surface area contributed by atoms with Crippen LogP contribution in [-0.2, 0) is 9.59 Å². The highest BCUT2D eigenvalue weighted by Crippen LogP contribution is 2.53. The van der Waals surface area contributed by atoms with Crippen molar-refractivity contribution in [2.45, 2.75) is 38.4 Å². The molecule has 1 N–H and O–H groups in total. The highest BCUT2D eigenvalue weighted by Gasteiger charge is 2.72. The van der Waals surface area contributed by atoms with Gasteiger partial charge in [0.2, 0.25) is 5.54 Å². The van der Waals surface area contributed by atoms with Crippen molar-refractivity contribution < 1.29 is 41.8 Å². The smallest absolute Gasteiger partial charge is 0.425 e. The zero-order valence-corrected chi connectivity index (χ0v) is 21.5. The summed E-state index contributed by atoms with van der Waals surface area (Å²) in [7, 11) is 4.10. The molecule has 2 aliphatic rings. The number of ether oxygens (including phenoxy) is 3. The first-order valence-corrected chi connectivity index (χ1v) is 11.7. The molecule has 2 amide bonds. The Morgan fingerprint density at radius 2 is 1.55 bits per heavy atom. The molecule has 0 bridgehead atoms. The average Bonchev–Trinajstić information content (AvgIpc) is 3.10. The Bertz CT molecular complexity index is 1330. The van der Waals surface area contributed by atoms with E-state index in [1.54, 1.807) is 13.8 Å². The summed E-state index contributed by atoms with van der Waals surface area (Å²) in [6.45, 7) is 3.47. The Morgan fingerprint density at radius 3 is 2.11 bits per heavy atom. The molecule has 2 aromatic carbocycles. The number of nitrogens with one attached hydrogen (secondary N) is 1. The summed E-state index contributed by atoms with van der Waals surface area (Å²) in [6.07, 6.45) is -5.55. The predicted octanol–water partition coefficient (Wildman–Crippen LogP) is 4.43. The summed E-state index contributed by atoms with van der Waals surface area (Å²) in [5.41, 5.74) is -5.26. The van der Waals surface area contributed by atoms with Crippen LogP contribution in [0.5, 0.6) is 17.2 Å². The van der Waals surface area contributed by atoms with Crippen LogP contribution in [-0.4, -0.2) is 50.6 Å². The Balaban J connectivity index is 1.90. The topological polar surface area (TPSA) is 94.2 Å². The van der Waals surface area contributed by atoms with E-state index in [1.165, 1.54) is 63.8 Å². The first kappa shape index (κ1) is 27.0. The van der Waals surface area contributed by atoms with E-state index in [9.17, 15) is 14.4 Å². The van der Waals surface area contributed by atoms with E-state index >= 15 is 13.2 Å². The van der Waals surface area contributed by atoms with E-state index in [0.29, 0.717) is 5.75 Å². The maximum absolute atomic E-state index is 15.0. The number of methoxy groups -OCH3 is 3. The lowest BCUT2D eigenvalue weighted by atomic mass is 9.72. The van der Waals surface area contributed by atoms with E-state index in [2.05, 4.69) is 0 Å². The average molecular weight is 533 g/mol. The normalized spacial score (nSPS) is 20.8. The molecular weight excluding hydrogens is 505 g/mol. The summed E-state index contributed by atoms with van der Waals surface area (Å²) in [5, 5.41) is 1.91. The monoisotopic (exact) mass is 532 g/mol. The molecule has 0 saturated heterocycles. The number of amides is 2. The number of allylic oxidation sites excluding steroid dienone is 1. The van der Waals surface area contributed by atoms with Crippen molar-refractivity contribution in [3.05, 3.63) is 59.3 Å². The first-order valence-electron chi connectivity index (χ1n) is 11.7. The minimum atomic E-state index is -5.34. The molecule has 1 aliphatic carbocycles. The number of rotatable bonds is 6. The van der Waals surface area contributed by atoms with Crippen LogP contribution in [0.15, 0.2) is 53.7 Å². The molecule has 0 unspecified atom stereocenters. The van der Waals surface area contributed by atoms with Gasteiger partial charge in [-0.25, -0.2) is 0 Å². The number of hydrogen-bond acceptors (Lipinski definition) is 6. The molecular formula is C27H27F3N2O6. The van der Waals surface area contributed by atoms with E-state index in [1.807, 2.05) is 5.32 Å². The number of benzene rings is 2. The molecule has 202 valence electrons. The number of carbonyl (C=O) groups excluding carboxylic acids is 3. The van der Waals surface area contributed by atoms with Crippen molar-refractivity contribution in [3.8, 4) is 17.2 Å². The highest BCUT2D eigenvalue weighted by molar-refractivity contribution is 6.21. The van der Waals surface area contributed by atoms with Gasteiger partial charge in [0.25, 0.3) is 11.8 Å². The standard InChI is InChI=1S/C27H27F3N2O6/c1-25(2)13-18-22(19(33)14-25)26(27(28,29)30,24(35)32(18)16-7-9-17(36-3)10-8-16)31-23(34)15-6-11-20(37-4)21(12-15)38-5/h6-12H,13-14H2,1-5H3,(H,31,34)/t26-/m0/s1. The maximum atomic E-state index is 15.0. The fourth-order valence-corrected chi connectivity index (χ4v) is 4.98. The molecule has 0 radical (unpaired) electrons. The molecule has 8 nitrogen and oxygen atoms in total. The third kappa shape index (κ3) is 4.25. The molecule has 0 aromatic heterocycles. The molecule has 2 aromatic rings. The van der Waals surface area contributed by atoms with Gasteiger partial charge in [0.15, 0.2) is 17.3 Å². The van der Waals surface area contributed by atoms with Crippen LogP contribution in [0.2, 0.25) is 0 Å². The summed E-state index contributed by atoms with van der Waals surface area (Å²) in [6, 6.07) is 9.63. The van der Waals surface area contributed by atoms with Gasteiger partial charge < -0.3 is 19.5 Å². The quantitative estimate of drug-likeness (QED) is 0.592. The molecule has 1 aliphatic heterocycles. The molecule has 0 saturated carbocycles. The van der Waals surface area contributed by atoms with Crippen molar-refractivity contribution >= 4 is 23.3 Å². The number of halogens is 3. The number of Topliss-reactive ketones (excluding diaryl/α,β-unsaturated/α-hetero) is 1. The number of hydrogen-bond donors (Lipinski definition) is 1. The molecule has 0 spiro atoms. The van der Waals surface area contributed by atoms with E-state index in [-0.39, 0.29) is 41.3 Å². The Labute approximate surface area is 217 Å². The fourth-order valence-electron chi connectivity index (χ4n) is 4.98. The van der Waals surface area contributed by atoms with Crippen molar-refractivity contribution in [2.24, 2.45) is 5.41 Å². The molecule has 1 atom stereocenters. The molecule has 0 fully saturated rings. The molecule has 1 heterocycles. The number of alkyl halides is 3. The van der Waals surface area contributed by atoms with Crippen molar-refractivity contribution in [3.63, 3.8) is 0 Å². The lowest BCUT2D eigenvalue weighted by Crippen LogP contribution is -2.66. The van der Waals surface area contributed by atoms with Crippen LogP contribution in [0.4, 0.5) is 18.9 Å². The SMILES string of the molecule is COc1ccc(N2C(=O)[C@](NC(=O)c3ccc(OC)c(OC)c3)(C(F)(F)F)C3=C2CC(C)(C)CC3=O)cc1. The second-order valence-corrected chi connectivity index (χ2v) is 9.87. The first-order chi connectivity index (χ1) is 17.8. The Morgan fingerprint density at radius 1 is 0.921 bits per heavy atom. The maximum Gasteiger partial charge on any atom is 0.425 e. The lowest BCUT2D eigenvalue weighted by Gasteiger charge is -2.35. The van der Waals surface area contributed by atoms with Gasteiger partial charge in [-0.2, -0.15) is 13.2 Å². The van der Waals surface area contributed by atoms with Crippen LogP contribution < -0.4 is 24.4 Å². The molecule has 4 rings (SSSR count). The third-order valence-electron chi connectivity index (χ3n) is 6.72. The van der Waals surface area contributed by atoms with Gasteiger partial charge in [-0.3, -0.25) is 19.3 Å². The lowest BCUT2D eigenvalue weighted by molar-refractivity contribution is -0.186. The van der Waals surface area contributed by atoms with Crippen LogP contribution >= 0.6 is 0 Å². The van der Waals surface area contributed by atoms with Gasteiger partial charge in [0.1, 0.15) is 5.75 Å². The fraction of sp³-hybridized carbons (Fsp3) is 0.370. The van der Waals surface area contributed by atoms with Crippen molar-refractivity contribution in [1.29, 1.82) is 0 Å². The van der Waals surface area contributed by atoms with Gasteiger partial charge in [0.05, 0.1) is 26.9 Å². The summed E-state index contributed by atoms with van der Waals surface area (Å²) in [4.78, 5) is 41.4. The summed E-state index contributed by atoms with van der Waals surface area (Å²) >= 11 is 0. The zero-order chi connectivity index (χ0) is 28.0. The Kier molecular flexibility index (Phi) is 6.67. The minimum absolute atomic E-state index is 0.00982. The Hall–Kier alpha value is -4.02. The van der Waals surface area contributed by atoms with E-state index < -0.39 is 40.3 Å². The van der Waals surface area contributed by atoms with Crippen molar-refractivity contribution in [1.82, 2.24) is 5.32 Å². The van der Waals surface area contributed by atoms with Crippen LogP contribution in [0.3, 0.4) is 0 Å². The minimum Gasteiger partial charge on any atom is -0.497 e. The molecule has 38 heavy (non-hydrogen) atoms. The third-order valence-corrected chi connectivity index (χ3v) is 6.72. The highest BCUT2D eigenvalue weighted by atomic mass is 19.4. The number of ketones is 1. The number of carbonyl (C=O) groups is 3. The second-order valence-electron chi connectivity index (χ2n) is 9.87. The van der Waals surface area contributed by atoms with Gasteiger partial charge in [-0.15, -0.1) is 0 Å². The summed E-state index contributed by atoms with van der Waals surface area (Å²) in [5.74, 6) is -2.76. The van der Waals surface area contributed by atoms with Crippen LogP contribution in [0.25, 0.3) is 0 Å². The zero-order valence-electron chi connectivity index (χ0n) is 21.5. The largest absolute Gasteiger partial charge is 0.497 e.